The predicted octanol–water partition coefficient (Wildman–Crippen LogP) is 6.69. The third-order valence-corrected chi connectivity index (χ3v) is 9.66. The van der Waals surface area contributed by atoms with Gasteiger partial charge in [-0.1, -0.05) is 32.4 Å². The van der Waals surface area contributed by atoms with Crippen LogP contribution in [0.1, 0.15) is 77.2 Å². The van der Waals surface area contributed by atoms with E-state index in [9.17, 15) is 4.79 Å². The first-order chi connectivity index (χ1) is 13.9. The second kappa shape index (κ2) is 7.00. The highest BCUT2D eigenvalue weighted by molar-refractivity contribution is 6.00. The Morgan fingerprint density at radius 3 is 2.55 bits per heavy atom. The fourth-order valence-electron chi connectivity index (χ4n) is 8.04. The van der Waals surface area contributed by atoms with Crippen LogP contribution in [-0.2, 0) is 4.79 Å². The molecule has 0 heterocycles. The van der Waals surface area contributed by atoms with E-state index in [4.69, 9.17) is 4.74 Å². The highest BCUT2D eigenvalue weighted by Gasteiger charge is 2.58. The lowest BCUT2D eigenvalue weighted by atomic mass is 9.45. The minimum Gasteiger partial charge on any atom is -0.497 e. The van der Waals surface area contributed by atoms with E-state index in [1.54, 1.807) is 7.11 Å². The maximum Gasteiger partial charge on any atom is 0.159 e. The quantitative estimate of drug-likeness (QED) is 0.524. The number of methoxy groups -OCH3 is 1. The van der Waals surface area contributed by atoms with Gasteiger partial charge in [-0.25, -0.2) is 0 Å². The van der Waals surface area contributed by atoms with E-state index in [1.165, 1.54) is 44.9 Å². The first kappa shape index (κ1) is 19.4. The van der Waals surface area contributed by atoms with Crippen LogP contribution >= 0.6 is 0 Å². The van der Waals surface area contributed by atoms with E-state index in [0.717, 1.165) is 47.5 Å². The van der Waals surface area contributed by atoms with Gasteiger partial charge in [-0.05, 0) is 109 Å². The molecule has 1 aromatic rings. The van der Waals surface area contributed by atoms with Gasteiger partial charge in [0.1, 0.15) is 5.75 Å². The summed E-state index contributed by atoms with van der Waals surface area (Å²) in [5, 5.41) is 0. The Labute approximate surface area is 176 Å². The Balaban J connectivity index is 1.43. The first-order valence-electron chi connectivity index (χ1n) is 11.8. The van der Waals surface area contributed by atoms with Gasteiger partial charge in [0.25, 0.3) is 0 Å². The van der Waals surface area contributed by atoms with Crippen molar-refractivity contribution >= 4 is 11.9 Å². The van der Waals surface area contributed by atoms with Crippen LogP contribution < -0.4 is 4.74 Å². The predicted molar refractivity (Wildman–Crippen MR) is 118 cm³/mol. The van der Waals surface area contributed by atoms with Crippen molar-refractivity contribution in [3.63, 3.8) is 0 Å². The molecule has 4 aliphatic rings. The van der Waals surface area contributed by atoms with Crippen LogP contribution in [0.4, 0.5) is 0 Å². The molecule has 0 aliphatic heterocycles. The zero-order valence-electron chi connectivity index (χ0n) is 18.4. The SMILES string of the molecule is COc1ccc(/C=C2/C[C@@]3(C)[C@@H](CC[C@H]4[C@H]3CC[C@]3(C)CCC[C@@H]43)CC2=O)cc1. The maximum absolute atomic E-state index is 13.0. The van der Waals surface area contributed by atoms with Gasteiger partial charge in [0.15, 0.2) is 5.78 Å². The smallest absolute Gasteiger partial charge is 0.159 e. The number of carbonyl (C=O) groups excluding carboxylic acids is 1. The highest BCUT2D eigenvalue weighted by atomic mass is 16.5. The molecule has 2 heteroatoms. The summed E-state index contributed by atoms with van der Waals surface area (Å²) in [6, 6.07) is 8.12. The zero-order valence-corrected chi connectivity index (χ0v) is 18.4. The van der Waals surface area contributed by atoms with Crippen molar-refractivity contribution in [2.24, 2.45) is 34.5 Å². The van der Waals surface area contributed by atoms with Gasteiger partial charge in [0.05, 0.1) is 7.11 Å². The van der Waals surface area contributed by atoms with Crippen LogP contribution in [0.3, 0.4) is 0 Å². The van der Waals surface area contributed by atoms with Crippen molar-refractivity contribution in [3.8, 4) is 5.75 Å². The molecular formula is C27H36O2. The van der Waals surface area contributed by atoms with Crippen LogP contribution in [0.15, 0.2) is 29.8 Å². The van der Waals surface area contributed by atoms with Gasteiger partial charge in [0, 0.05) is 6.42 Å². The normalized spacial score (nSPS) is 42.9. The number of rotatable bonds is 2. The van der Waals surface area contributed by atoms with E-state index in [-0.39, 0.29) is 0 Å². The minimum atomic E-state index is 0.305. The molecule has 0 spiro atoms. The topological polar surface area (TPSA) is 26.3 Å². The second-order valence-corrected chi connectivity index (χ2v) is 11.0. The molecule has 4 saturated carbocycles. The molecular weight excluding hydrogens is 356 g/mol. The molecule has 5 rings (SSSR count). The van der Waals surface area contributed by atoms with Crippen LogP contribution in [0, 0.1) is 34.5 Å². The lowest BCUT2D eigenvalue weighted by Gasteiger charge is -2.60. The monoisotopic (exact) mass is 392 g/mol. The molecule has 0 N–H and O–H groups in total. The average Bonchev–Trinajstić information content (AvgIpc) is 3.11. The zero-order chi connectivity index (χ0) is 20.2. The Hall–Kier alpha value is -1.57. The van der Waals surface area contributed by atoms with Crippen molar-refractivity contribution < 1.29 is 9.53 Å². The van der Waals surface area contributed by atoms with Crippen molar-refractivity contribution in [2.75, 3.05) is 7.11 Å². The van der Waals surface area contributed by atoms with Gasteiger partial charge in [-0.15, -0.1) is 0 Å². The van der Waals surface area contributed by atoms with E-state index in [1.807, 2.05) is 12.1 Å². The van der Waals surface area contributed by atoms with E-state index in [2.05, 4.69) is 32.1 Å². The summed E-state index contributed by atoms with van der Waals surface area (Å²) < 4.78 is 5.28. The summed E-state index contributed by atoms with van der Waals surface area (Å²) >= 11 is 0. The molecule has 0 bridgehead atoms. The third kappa shape index (κ3) is 3.09. The van der Waals surface area contributed by atoms with Crippen molar-refractivity contribution in [3.05, 3.63) is 35.4 Å². The minimum absolute atomic E-state index is 0.305. The molecule has 0 amide bonds. The second-order valence-electron chi connectivity index (χ2n) is 11.0. The van der Waals surface area contributed by atoms with Crippen LogP contribution in [0.5, 0.6) is 5.75 Å². The van der Waals surface area contributed by atoms with Gasteiger partial charge in [0.2, 0.25) is 0 Å². The van der Waals surface area contributed by atoms with Gasteiger partial charge in [-0.3, -0.25) is 4.79 Å². The largest absolute Gasteiger partial charge is 0.497 e. The number of fused-ring (bicyclic) bond motifs is 5. The first-order valence-corrected chi connectivity index (χ1v) is 11.8. The van der Waals surface area contributed by atoms with Crippen molar-refractivity contribution in [1.82, 2.24) is 0 Å². The van der Waals surface area contributed by atoms with Crippen molar-refractivity contribution in [1.29, 1.82) is 0 Å². The number of hydrogen-bond acceptors (Lipinski definition) is 2. The molecule has 2 nitrogen and oxygen atoms in total. The molecule has 4 aliphatic carbocycles. The Kier molecular flexibility index (Phi) is 4.68. The Morgan fingerprint density at radius 1 is 1.00 bits per heavy atom. The standard InChI is InChI=1S/C27H36O2/c1-26-13-4-5-23(26)22-11-8-20-16-25(28)19(17-27(20,2)24(22)12-14-26)15-18-6-9-21(29-3)10-7-18/h6-7,9-10,15,20,22-24H,4-5,8,11-14,16-17H2,1-3H3/b19-15-/t20-,22+,23-,24+,26-,27-/m0/s1. The number of benzene rings is 1. The fourth-order valence-corrected chi connectivity index (χ4v) is 8.04. The number of ether oxygens (including phenoxy) is 1. The average molecular weight is 393 g/mol. The van der Waals surface area contributed by atoms with Gasteiger partial charge in [-0.2, -0.15) is 0 Å². The Morgan fingerprint density at radius 2 is 1.79 bits per heavy atom. The number of ketones is 1. The highest BCUT2D eigenvalue weighted by Crippen LogP contribution is 2.66. The van der Waals surface area contributed by atoms with Crippen LogP contribution in [0.25, 0.3) is 6.08 Å². The summed E-state index contributed by atoms with van der Waals surface area (Å²) in [6.45, 7) is 5.12. The summed E-state index contributed by atoms with van der Waals surface area (Å²) in [5.41, 5.74) is 3.10. The van der Waals surface area contributed by atoms with E-state index >= 15 is 0 Å². The number of hydrogen-bond donors (Lipinski definition) is 0. The summed E-state index contributed by atoms with van der Waals surface area (Å²) in [5.74, 6) is 4.49. The Bertz CT molecular complexity index is 821. The summed E-state index contributed by atoms with van der Waals surface area (Å²) in [4.78, 5) is 13.0. The molecule has 0 unspecified atom stereocenters. The number of Topliss-reactive ketones (excluding diaryl/α,β-unsaturated/α-hetero) is 1. The van der Waals surface area contributed by atoms with Gasteiger partial charge >= 0.3 is 0 Å². The summed E-state index contributed by atoms with van der Waals surface area (Å²) in [7, 11) is 1.69. The van der Waals surface area contributed by atoms with Crippen molar-refractivity contribution in [2.45, 2.75) is 71.6 Å². The summed E-state index contributed by atoms with van der Waals surface area (Å²) in [6.07, 6.45) is 13.7. The van der Waals surface area contributed by atoms with E-state index in [0.29, 0.717) is 22.5 Å². The number of carbonyl (C=O) groups is 1. The van der Waals surface area contributed by atoms with Crippen LogP contribution in [0.2, 0.25) is 0 Å². The maximum atomic E-state index is 13.0. The fraction of sp³-hybridized carbons (Fsp3) is 0.667. The van der Waals surface area contributed by atoms with E-state index < -0.39 is 0 Å². The van der Waals surface area contributed by atoms with Gasteiger partial charge < -0.3 is 4.74 Å². The molecule has 156 valence electrons. The lowest BCUT2D eigenvalue weighted by Crippen LogP contribution is -2.53. The number of allylic oxidation sites excluding steroid dienone is 1. The lowest BCUT2D eigenvalue weighted by molar-refractivity contribution is -0.130. The molecule has 0 saturated heterocycles. The van der Waals surface area contributed by atoms with Crippen LogP contribution in [-0.4, -0.2) is 12.9 Å². The molecule has 6 atom stereocenters. The molecule has 0 aromatic heterocycles. The molecule has 4 fully saturated rings. The molecule has 0 radical (unpaired) electrons. The third-order valence-electron chi connectivity index (χ3n) is 9.66. The molecule has 29 heavy (non-hydrogen) atoms. The molecule has 1 aromatic carbocycles.